The van der Waals surface area contributed by atoms with E-state index in [4.69, 9.17) is 4.74 Å². The Morgan fingerprint density at radius 1 is 0.931 bits per heavy atom. The average molecular weight is 397 g/mol. The summed E-state index contributed by atoms with van der Waals surface area (Å²) in [6, 6.07) is 18.8. The van der Waals surface area contributed by atoms with Crippen LogP contribution in [0.1, 0.15) is 39.5 Å². The molecule has 0 bridgehead atoms. The number of hydrogen-bond acceptors (Lipinski definition) is 3. The Bertz CT molecular complexity index is 695. The predicted molar refractivity (Wildman–Crippen MR) is 117 cm³/mol. The van der Waals surface area contributed by atoms with Crippen LogP contribution in [0.3, 0.4) is 0 Å². The molecule has 0 saturated carbocycles. The summed E-state index contributed by atoms with van der Waals surface area (Å²) in [7, 11) is 0. The molecule has 0 aliphatic rings. The van der Waals surface area contributed by atoms with E-state index >= 15 is 0 Å². The number of anilines is 2. The number of benzene rings is 2. The molecule has 0 spiro atoms. The molecular formula is C24H32N2O3. The number of unbranched alkanes of at least 4 members (excludes halogenated alkanes) is 1. The standard InChI is InChI=1S/C24H32N2O3/c1-3-5-12-20(4-2)17-25-23(27)18-29-19-24(28)26(21-13-8-6-9-14-21)22-15-10-7-11-16-22/h6-11,13-16,20H,3-5,12,17-19H2,1-2H3,(H,25,27)/t20-/m1/s1. The van der Waals surface area contributed by atoms with Gasteiger partial charge < -0.3 is 10.1 Å². The fraction of sp³-hybridized carbons (Fsp3) is 0.417. The number of ether oxygens (including phenoxy) is 1. The van der Waals surface area contributed by atoms with Crippen LogP contribution >= 0.6 is 0 Å². The first-order chi connectivity index (χ1) is 14.2. The van der Waals surface area contributed by atoms with E-state index in [9.17, 15) is 9.59 Å². The van der Waals surface area contributed by atoms with Crippen LogP contribution in [0.5, 0.6) is 0 Å². The Kier molecular flexibility index (Phi) is 9.93. The first-order valence-corrected chi connectivity index (χ1v) is 10.4. The van der Waals surface area contributed by atoms with Gasteiger partial charge in [0, 0.05) is 17.9 Å². The lowest BCUT2D eigenvalue weighted by atomic mass is 9.99. The van der Waals surface area contributed by atoms with E-state index in [0.29, 0.717) is 12.5 Å². The van der Waals surface area contributed by atoms with E-state index in [1.165, 1.54) is 6.42 Å². The van der Waals surface area contributed by atoms with Crippen LogP contribution in [0, 0.1) is 5.92 Å². The number of amides is 2. The topological polar surface area (TPSA) is 58.6 Å². The first kappa shape index (κ1) is 22.6. The van der Waals surface area contributed by atoms with E-state index in [0.717, 1.165) is 30.6 Å². The Hall–Kier alpha value is -2.66. The fourth-order valence-electron chi connectivity index (χ4n) is 3.14. The van der Waals surface area contributed by atoms with E-state index in [1.54, 1.807) is 4.90 Å². The average Bonchev–Trinajstić information content (AvgIpc) is 2.75. The zero-order valence-corrected chi connectivity index (χ0v) is 17.5. The van der Waals surface area contributed by atoms with Crippen molar-refractivity contribution in [2.75, 3.05) is 24.7 Å². The van der Waals surface area contributed by atoms with Gasteiger partial charge in [-0.2, -0.15) is 0 Å². The van der Waals surface area contributed by atoms with Gasteiger partial charge in [-0.25, -0.2) is 0 Å². The van der Waals surface area contributed by atoms with Gasteiger partial charge in [0.05, 0.1) is 0 Å². The molecule has 29 heavy (non-hydrogen) atoms. The van der Waals surface area contributed by atoms with Crippen LogP contribution in [-0.2, 0) is 14.3 Å². The number of nitrogens with one attached hydrogen (secondary N) is 1. The highest BCUT2D eigenvalue weighted by atomic mass is 16.5. The van der Waals surface area contributed by atoms with Crippen molar-refractivity contribution in [3.63, 3.8) is 0 Å². The van der Waals surface area contributed by atoms with Gasteiger partial charge in [-0.1, -0.05) is 69.5 Å². The maximum atomic E-state index is 12.8. The molecule has 0 heterocycles. The predicted octanol–water partition coefficient (Wildman–Crippen LogP) is 4.70. The molecule has 1 atom stereocenters. The summed E-state index contributed by atoms with van der Waals surface area (Å²) in [5.74, 6) is 0.0930. The molecule has 0 aliphatic heterocycles. The molecule has 0 unspecified atom stereocenters. The molecule has 2 aromatic carbocycles. The van der Waals surface area contributed by atoms with Crippen LogP contribution in [0.25, 0.3) is 0 Å². The molecule has 0 fully saturated rings. The maximum absolute atomic E-state index is 12.8. The van der Waals surface area contributed by atoms with E-state index in [2.05, 4.69) is 19.2 Å². The van der Waals surface area contributed by atoms with Gasteiger partial charge in [0.15, 0.2) is 0 Å². The minimum Gasteiger partial charge on any atom is -0.362 e. The third kappa shape index (κ3) is 7.70. The number of hydrogen-bond donors (Lipinski definition) is 1. The summed E-state index contributed by atoms with van der Waals surface area (Å²) in [6.45, 7) is 4.69. The van der Waals surface area contributed by atoms with Crippen LogP contribution in [0.4, 0.5) is 11.4 Å². The number of carbonyl (C=O) groups excluding carboxylic acids is 2. The number of carbonyl (C=O) groups is 2. The van der Waals surface area contributed by atoms with Crippen LogP contribution in [0.2, 0.25) is 0 Å². The van der Waals surface area contributed by atoms with Crippen molar-refractivity contribution < 1.29 is 14.3 Å². The largest absolute Gasteiger partial charge is 0.362 e. The molecule has 5 nitrogen and oxygen atoms in total. The van der Waals surface area contributed by atoms with Crippen molar-refractivity contribution >= 4 is 23.2 Å². The second kappa shape index (κ2) is 12.7. The SMILES string of the molecule is CCCC[C@@H](CC)CNC(=O)COCC(=O)N(c1ccccc1)c1ccccc1. The number of nitrogens with zero attached hydrogens (tertiary/aromatic N) is 1. The molecule has 2 aromatic rings. The van der Waals surface area contributed by atoms with Crippen molar-refractivity contribution in [2.45, 2.75) is 39.5 Å². The second-order valence-corrected chi connectivity index (χ2v) is 7.11. The van der Waals surface area contributed by atoms with Gasteiger partial charge in [-0.05, 0) is 36.6 Å². The highest BCUT2D eigenvalue weighted by molar-refractivity contribution is 6.01. The fourth-order valence-corrected chi connectivity index (χ4v) is 3.14. The lowest BCUT2D eigenvalue weighted by Crippen LogP contribution is -2.34. The van der Waals surface area contributed by atoms with Crippen LogP contribution in [0.15, 0.2) is 60.7 Å². The first-order valence-electron chi connectivity index (χ1n) is 10.4. The quantitative estimate of drug-likeness (QED) is 0.566. The molecule has 0 aromatic heterocycles. The molecular weight excluding hydrogens is 364 g/mol. The summed E-state index contributed by atoms with van der Waals surface area (Å²) < 4.78 is 5.43. The second-order valence-electron chi connectivity index (χ2n) is 7.11. The van der Waals surface area contributed by atoms with Crippen molar-refractivity contribution in [3.8, 4) is 0 Å². The smallest absolute Gasteiger partial charge is 0.257 e. The van der Waals surface area contributed by atoms with Crippen molar-refractivity contribution in [1.82, 2.24) is 5.32 Å². The highest BCUT2D eigenvalue weighted by Crippen LogP contribution is 2.25. The van der Waals surface area contributed by atoms with Crippen LogP contribution in [-0.4, -0.2) is 31.6 Å². The van der Waals surface area contributed by atoms with E-state index in [-0.39, 0.29) is 25.0 Å². The van der Waals surface area contributed by atoms with Crippen molar-refractivity contribution in [3.05, 3.63) is 60.7 Å². The minimum absolute atomic E-state index is 0.118. The minimum atomic E-state index is -0.218. The lowest BCUT2D eigenvalue weighted by molar-refractivity contribution is -0.129. The third-order valence-electron chi connectivity index (χ3n) is 4.87. The van der Waals surface area contributed by atoms with Crippen molar-refractivity contribution in [2.24, 2.45) is 5.92 Å². The van der Waals surface area contributed by atoms with Gasteiger partial charge >= 0.3 is 0 Å². The molecule has 0 aliphatic carbocycles. The molecule has 0 radical (unpaired) electrons. The Morgan fingerprint density at radius 2 is 1.52 bits per heavy atom. The zero-order chi connectivity index (χ0) is 20.9. The maximum Gasteiger partial charge on any atom is 0.257 e. The molecule has 1 N–H and O–H groups in total. The van der Waals surface area contributed by atoms with Crippen molar-refractivity contribution in [1.29, 1.82) is 0 Å². The van der Waals surface area contributed by atoms with Gasteiger partial charge in [0.1, 0.15) is 13.2 Å². The normalized spacial score (nSPS) is 11.7. The van der Waals surface area contributed by atoms with E-state index in [1.807, 2.05) is 60.7 Å². The number of para-hydroxylation sites is 2. The molecule has 156 valence electrons. The molecule has 2 rings (SSSR count). The molecule has 5 heteroatoms. The zero-order valence-electron chi connectivity index (χ0n) is 17.5. The van der Waals surface area contributed by atoms with E-state index < -0.39 is 0 Å². The highest BCUT2D eigenvalue weighted by Gasteiger charge is 2.18. The summed E-state index contributed by atoms with van der Waals surface area (Å²) in [4.78, 5) is 26.5. The number of rotatable bonds is 12. The monoisotopic (exact) mass is 396 g/mol. The summed E-state index contributed by atoms with van der Waals surface area (Å²) in [5, 5.41) is 2.92. The lowest BCUT2D eigenvalue weighted by Gasteiger charge is -2.23. The van der Waals surface area contributed by atoms with Gasteiger partial charge in [-0.15, -0.1) is 0 Å². The van der Waals surface area contributed by atoms with Gasteiger partial charge in [-0.3, -0.25) is 14.5 Å². The summed E-state index contributed by atoms with van der Waals surface area (Å²) in [5.41, 5.74) is 1.52. The Balaban J connectivity index is 1.86. The summed E-state index contributed by atoms with van der Waals surface area (Å²) in [6.07, 6.45) is 4.50. The van der Waals surface area contributed by atoms with Crippen LogP contribution < -0.4 is 10.2 Å². The van der Waals surface area contributed by atoms with Gasteiger partial charge in [0.2, 0.25) is 5.91 Å². The molecule has 0 saturated heterocycles. The Labute approximate surface area is 174 Å². The van der Waals surface area contributed by atoms with Gasteiger partial charge in [0.25, 0.3) is 5.91 Å². The molecule has 2 amide bonds. The Morgan fingerprint density at radius 3 is 2.03 bits per heavy atom. The third-order valence-corrected chi connectivity index (χ3v) is 4.87. The summed E-state index contributed by atoms with van der Waals surface area (Å²) >= 11 is 0.